The van der Waals surface area contributed by atoms with Crippen LogP contribution in [0, 0.1) is 0 Å². The highest BCUT2D eigenvalue weighted by atomic mass is 35.5. The Balaban J connectivity index is 3.84. The van der Waals surface area contributed by atoms with Crippen molar-refractivity contribution in [2.45, 2.75) is 233 Å². The average molecular weight is 714 g/mol. The first kappa shape index (κ1) is 49.2. The fraction of sp³-hybridized carbons (Fsp3) is 1.00. The standard InChI is InChI=1S/C45H93ClN2O/c1-4-7-10-13-16-19-20-24-27-32-38-47(42-37-46)39-33-28-25-21-26-31-36-44-49-45-43-48(40-34-29-22-17-14-11-8-5-2)41-35-30-23-18-15-12-9-6-3/h4-45H2,1-3H3. The first-order chi connectivity index (χ1) is 24.3. The molecule has 0 saturated heterocycles. The van der Waals surface area contributed by atoms with Crippen molar-refractivity contribution in [2.75, 3.05) is 58.4 Å². The third-order valence-electron chi connectivity index (χ3n) is 10.7. The minimum Gasteiger partial charge on any atom is -0.380 e. The minimum absolute atomic E-state index is 0.774. The molecule has 0 amide bonds. The molecule has 0 aromatic carbocycles. The van der Waals surface area contributed by atoms with E-state index >= 15 is 0 Å². The zero-order valence-corrected chi connectivity index (χ0v) is 35.1. The monoisotopic (exact) mass is 713 g/mol. The third-order valence-corrected chi connectivity index (χ3v) is 10.9. The van der Waals surface area contributed by atoms with Gasteiger partial charge in [0.1, 0.15) is 0 Å². The molecule has 0 unspecified atom stereocenters. The predicted octanol–water partition coefficient (Wildman–Crippen LogP) is 14.8. The van der Waals surface area contributed by atoms with Gasteiger partial charge in [0.05, 0.1) is 6.61 Å². The summed E-state index contributed by atoms with van der Waals surface area (Å²) in [7, 11) is 0. The molecule has 0 aliphatic rings. The number of rotatable bonds is 44. The molecule has 0 aromatic rings. The van der Waals surface area contributed by atoms with E-state index in [-0.39, 0.29) is 0 Å². The fourth-order valence-electron chi connectivity index (χ4n) is 7.27. The van der Waals surface area contributed by atoms with Gasteiger partial charge in [0.2, 0.25) is 0 Å². The van der Waals surface area contributed by atoms with E-state index in [2.05, 4.69) is 30.6 Å². The molecule has 296 valence electrons. The second kappa shape index (κ2) is 44.3. The van der Waals surface area contributed by atoms with E-state index in [0.29, 0.717) is 0 Å². The van der Waals surface area contributed by atoms with Gasteiger partial charge in [0.15, 0.2) is 0 Å². The van der Waals surface area contributed by atoms with Gasteiger partial charge in [-0.05, 0) is 58.3 Å². The lowest BCUT2D eigenvalue weighted by atomic mass is 10.1. The molecule has 0 spiro atoms. The molecule has 0 fully saturated rings. The normalized spacial score (nSPS) is 11.9. The molecule has 0 atom stereocenters. The molecule has 49 heavy (non-hydrogen) atoms. The van der Waals surface area contributed by atoms with Crippen LogP contribution in [-0.2, 0) is 4.74 Å². The van der Waals surface area contributed by atoms with Crippen LogP contribution in [0.1, 0.15) is 233 Å². The molecule has 0 bridgehead atoms. The SMILES string of the molecule is CCCCCCCCCCCCN(CCCl)CCCCCCCCCOCCN(CCCCCCCCCC)CCCCCCCCCC. The molecule has 0 aliphatic carbocycles. The Morgan fingerprint density at radius 1 is 0.286 bits per heavy atom. The maximum atomic E-state index is 6.14. The van der Waals surface area contributed by atoms with Crippen molar-refractivity contribution < 1.29 is 4.74 Å². The van der Waals surface area contributed by atoms with E-state index in [4.69, 9.17) is 16.3 Å². The van der Waals surface area contributed by atoms with Crippen molar-refractivity contribution >= 4 is 11.6 Å². The lowest BCUT2D eigenvalue weighted by molar-refractivity contribution is 0.0989. The molecular weight excluding hydrogens is 620 g/mol. The second-order valence-corrected chi connectivity index (χ2v) is 16.0. The van der Waals surface area contributed by atoms with Crippen LogP contribution in [0.4, 0.5) is 0 Å². The molecule has 0 heterocycles. The molecule has 0 N–H and O–H groups in total. The van der Waals surface area contributed by atoms with Crippen LogP contribution >= 0.6 is 11.6 Å². The summed E-state index contributed by atoms with van der Waals surface area (Å²) < 4.78 is 6.14. The van der Waals surface area contributed by atoms with Crippen LogP contribution in [0.5, 0.6) is 0 Å². The molecule has 0 radical (unpaired) electrons. The van der Waals surface area contributed by atoms with E-state index < -0.39 is 0 Å². The van der Waals surface area contributed by atoms with Gasteiger partial charge < -0.3 is 14.5 Å². The lowest BCUT2D eigenvalue weighted by Gasteiger charge is -2.22. The second-order valence-electron chi connectivity index (χ2n) is 15.6. The number of ether oxygens (including phenoxy) is 1. The van der Waals surface area contributed by atoms with Crippen LogP contribution in [0.2, 0.25) is 0 Å². The van der Waals surface area contributed by atoms with Gasteiger partial charge in [0, 0.05) is 25.6 Å². The summed E-state index contributed by atoms with van der Waals surface area (Å²) in [4.78, 5) is 5.35. The molecule has 0 rings (SSSR count). The summed E-state index contributed by atoms with van der Waals surface area (Å²) in [5.74, 6) is 0.774. The minimum atomic E-state index is 0.774. The summed E-state index contributed by atoms with van der Waals surface area (Å²) in [5, 5.41) is 0. The summed E-state index contributed by atoms with van der Waals surface area (Å²) >= 11 is 6.13. The van der Waals surface area contributed by atoms with Gasteiger partial charge >= 0.3 is 0 Å². The highest BCUT2D eigenvalue weighted by Gasteiger charge is 2.06. The van der Waals surface area contributed by atoms with Crippen molar-refractivity contribution in [3.05, 3.63) is 0 Å². The summed E-state index contributed by atoms with van der Waals surface area (Å²) in [6.07, 6.45) is 46.2. The molecule has 0 aromatic heterocycles. The van der Waals surface area contributed by atoms with Gasteiger partial charge in [-0.15, -0.1) is 11.6 Å². The number of halogens is 1. The van der Waals surface area contributed by atoms with E-state index in [1.807, 2.05) is 0 Å². The van der Waals surface area contributed by atoms with Crippen LogP contribution in [0.25, 0.3) is 0 Å². The van der Waals surface area contributed by atoms with E-state index in [1.165, 1.54) is 238 Å². The molecule has 0 aliphatic heterocycles. The van der Waals surface area contributed by atoms with E-state index in [0.717, 1.165) is 32.2 Å². The molecule has 3 nitrogen and oxygen atoms in total. The Morgan fingerprint density at radius 3 is 0.857 bits per heavy atom. The summed E-state index contributed by atoms with van der Waals surface area (Å²) in [5.41, 5.74) is 0. The Kier molecular flexibility index (Phi) is 44.5. The number of nitrogens with zero attached hydrogens (tertiary/aromatic N) is 2. The van der Waals surface area contributed by atoms with Gasteiger partial charge in [-0.25, -0.2) is 0 Å². The van der Waals surface area contributed by atoms with Crippen molar-refractivity contribution in [1.29, 1.82) is 0 Å². The summed E-state index contributed by atoms with van der Waals surface area (Å²) in [6, 6.07) is 0. The number of hydrogen-bond acceptors (Lipinski definition) is 3. The van der Waals surface area contributed by atoms with Crippen molar-refractivity contribution in [1.82, 2.24) is 9.80 Å². The number of unbranched alkanes of at least 4 members (excludes halogenated alkanes) is 29. The highest BCUT2D eigenvalue weighted by molar-refractivity contribution is 6.18. The van der Waals surface area contributed by atoms with Crippen LogP contribution in [-0.4, -0.2) is 68.2 Å². The third kappa shape index (κ3) is 40.8. The Hall–Kier alpha value is 0.170. The van der Waals surface area contributed by atoms with Crippen molar-refractivity contribution in [2.24, 2.45) is 0 Å². The van der Waals surface area contributed by atoms with Gasteiger partial charge in [-0.2, -0.15) is 0 Å². The van der Waals surface area contributed by atoms with Crippen LogP contribution in [0.15, 0.2) is 0 Å². The largest absolute Gasteiger partial charge is 0.380 e. The van der Waals surface area contributed by atoms with Crippen molar-refractivity contribution in [3.63, 3.8) is 0 Å². The zero-order chi connectivity index (χ0) is 35.6. The maximum absolute atomic E-state index is 6.14. The number of alkyl halides is 1. The smallest absolute Gasteiger partial charge is 0.0593 e. The highest BCUT2D eigenvalue weighted by Crippen LogP contribution is 2.14. The average Bonchev–Trinajstić information content (AvgIpc) is 3.11. The van der Waals surface area contributed by atoms with Gasteiger partial charge in [-0.1, -0.05) is 201 Å². The predicted molar refractivity (Wildman–Crippen MR) is 224 cm³/mol. The Labute approximate surface area is 316 Å². The molecular formula is C45H93ClN2O. The number of hydrogen-bond donors (Lipinski definition) is 0. The molecule has 0 saturated carbocycles. The van der Waals surface area contributed by atoms with Gasteiger partial charge in [-0.3, -0.25) is 0 Å². The van der Waals surface area contributed by atoms with Crippen LogP contribution in [0.3, 0.4) is 0 Å². The van der Waals surface area contributed by atoms with Crippen molar-refractivity contribution in [3.8, 4) is 0 Å². The van der Waals surface area contributed by atoms with E-state index in [1.54, 1.807) is 0 Å². The van der Waals surface area contributed by atoms with E-state index in [9.17, 15) is 0 Å². The molecule has 4 heteroatoms. The quantitative estimate of drug-likeness (QED) is 0.0462. The topological polar surface area (TPSA) is 15.7 Å². The van der Waals surface area contributed by atoms with Gasteiger partial charge in [0.25, 0.3) is 0 Å². The lowest BCUT2D eigenvalue weighted by Crippen LogP contribution is -2.30. The maximum Gasteiger partial charge on any atom is 0.0593 e. The summed E-state index contributed by atoms with van der Waals surface area (Å²) in [6.45, 7) is 16.0. The Morgan fingerprint density at radius 2 is 0.551 bits per heavy atom. The first-order valence-electron chi connectivity index (χ1n) is 22.9. The fourth-order valence-corrected chi connectivity index (χ4v) is 7.51. The zero-order valence-electron chi connectivity index (χ0n) is 34.4. The first-order valence-corrected chi connectivity index (χ1v) is 23.4. The van der Waals surface area contributed by atoms with Crippen LogP contribution < -0.4 is 0 Å². The Bertz CT molecular complexity index is 556.